The summed E-state index contributed by atoms with van der Waals surface area (Å²) in [6, 6.07) is 3.98. The second-order valence-electron chi connectivity index (χ2n) is 3.18. The molecular weight excluding hydrogens is 176 g/mol. The summed E-state index contributed by atoms with van der Waals surface area (Å²) in [4.78, 5) is 0. The van der Waals surface area contributed by atoms with Gasteiger partial charge in [-0.05, 0) is 18.2 Å². The molecular formula is C11H8N2O. The SMILES string of the molecule is C1=Cc2c(ccc3cnncc23)OC1. The van der Waals surface area contributed by atoms with Crippen molar-refractivity contribution in [2.45, 2.75) is 0 Å². The van der Waals surface area contributed by atoms with E-state index in [0.717, 1.165) is 22.1 Å². The molecule has 0 amide bonds. The molecule has 1 aromatic carbocycles. The van der Waals surface area contributed by atoms with Crippen molar-refractivity contribution in [1.29, 1.82) is 0 Å². The van der Waals surface area contributed by atoms with Crippen LogP contribution in [0.4, 0.5) is 0 Å². The third-order valence-corrected chi connectivity index (χ3v) is 2.35. The lowest BCUT2D eigenvalue weighted by Crippen LogP contribution is -2.00. The van der Waals surface area contributed by atoms with Crippen molar-refractivity contribution >= 4 is 16.8 Å². The molecule has 0 aliphatic carbocycles. The number of hydrogen-bond acceptors (Lipinski definition) is 3. The maximum Gasteiger partial charge on any atom is 0.127 e. The summed E-state index contributed by atoms with van der Waals surface area (Å²) in [6.45, 7) is 0.650. The van der Waals surface area contributed by atoms with E-state index in [4.69, 9.17) is 4.74 Å². The van der Waals surface area contributed by atoms with Crippen molar-refractivity contribution in [3.63, 3.8) is 0 Å². The number of hydrogen-bond donors (Lipinski definition) is 0. The average Bonchev–Trinajstić information content (AvgIpc) is 2.29. The van der Waals surface area contributed by atoms with Crippen molar-refractivity contribution < 1.29 is 4.74 Å². The Labute approximate surface area is 81.0 Å². The van der Waals surface area contributed by atoms with Gasteiger partial charge >= 0.3 is 0 Å². The van der Waals surface area contributed by atoms with Crippen LogP contribution in [0.2, 0.25) is 0 Å². The maximum absolute atomic E-state index is 5.50. The Morgan fingerprint density at radius 3 is 3.07 bits per heavy atom. The normalized spacial score (nSPS) is 13.7. The first kappa shape index (κ1) is 7.50. The monoisotopic (exact) mass is 184 g/mol. The van der Waals surface area contributed by atoms with E-state index in [-0.39, 0.29) is 0 Å². The molecule has 0 radical (unpaired) electrons. The zero-order valence-electron chi connectivity index (χ0n) is 7.47. The summed E-state index contributed by atoms with van der Waals surface area (Å²) in [5.74, 6) is 0.924. The van der Waals surface area contributed by atoms with Gasteiger partial charge in [0.15, 0.2) is 0 Å². The topological polar surface area (TPSA) is 35.0 Å². The van der Waals surface area contributed by atoms with Crippen LogP contribution < -0.4 is 4.74 Å². The molecule has 3 heteroatoms. The van der Waals surface area contributed by atoms with Gasteiger partial charge in [0.05, 0.1) is 12.4 Å². The molecule has 3 nitrogen and oxygen atoms in total. The van der Waals surface area contributed by atoms with Crippen molar-refractivity contribution in [3.05, 3.63) is 36.2 Å². The van der Waals surface area contributed by atoms with E-state index in [2.05, 4.69) is 16.3 Å². The summed E-state index contributed by atoms with van der Waals surface area (Å²) in [5.41, 5.74) is 1.10. The fourth-order valence-corrected chi connectivity index (χ4v) is 1.68. The van der Waals surface area contributed by atoms with Gasteiger partial charge in [-0.1, -0.05) is 6.08 Å². The molecule has 0 bridgehead atoms. The first-order chi connectivity index (χ1) is 6.95. The Morgan fingerprint density at radius 2 is 2.07 bits per heavy atom. The minimum absolute atomic E-state index is 0.650. The van der Waals surface area contributed by atoms with E-state index in [0.29, 0.717) is 6.61 Å². The minimum Gasteiger partial charge on any atom is -0.489 e. The summed E-state index contributed by atoms with van der Waals surface area (Å²) >= 11 is 0. The number of nitrogens with zero attached hydrogens (tertiary/aromatic N) is 2. The Kier molecular flexibility index (Phi) is 1.50. The van der Waals surface area contributed by atoms with Crippen LogP contribution in [-0.2, 0) is 0 Å². The quantitative estimate of drug-likeness (QED) is 0.628. The van der Waals surface area contributed by atoms with Gasteiger partial charge < -0.3 is 4.74 Å². The first-order valence-electron chi connectivity index (χ1n) is 4.48. The van der Waals surface area contributed by atoms with Crippen LogP contribution in [-0.4, -0.2) is 16.8 Å². The minimum atomic E-state index is 0.650. The molecule has 1 aromatic heterocycles. The van der Waals surface area contributed by atoms with Crippen LogP contribution in [0, 0.1) is 0 Å². The van der Waals surface area contributed by atoms with Crippen LogP contribution in [0.25, 0.3) is 16.8 Å². The van der Waals surface area contributed by atoms with E-state index in [9.17, 15) is 0 Å². The van der Waals surface area contributed by atoms with E-state index in [1.165, 1.54) is 0 Å². The van der Waals surface area contributed by atoms with Gasteiger partial charge in [0.2, 0.25) is 0 Å². The molecule has 14 heavy (non-hydrogen) atoms. The lowest BCUT2D eigenvalue weighted by Gasteiger charge is -2.13. The molecule has 3 rings (SSSR count). The summed E-state index contributed by atoms with van der Waals surface area (Å²) in [6.07, 6.45) is 7.61. The summed E-state index contributed by atoms with van der Waals surface area (Å²) in [5, 5.41) is 9.91. The Morgan fingerprint density at radius 1 is 1.14 bits per heavy atom. The fraction of sp³-hybridized carbons (Fsp3) is 0.0909. The zero-order chi connectivity index (χ0) is 9.38. The van der Waals surface area contributed by atoms with Gasteiger partial charge in [-0.2, -0.15) is 10.2 Å². The van der Waals surface area contributed by atoms with Crippen molar-refractivity contribution in [2.24, 2.45) is 0 Å². The highest BCUT2D eigenvalue weighted by Gasteiger charge is 2.08. The fourth-order valence-electron chi connectivity index (χ4n) is 1.68. The molecule has 1 aliphatic heterocycles. The highest BCUT2D eigenvalue weighted by molar-refractivity contribution is 5.92. The number of ether oxygens (including phenoxy) is 1. The number of aromatic nitrogens is 2. The lowest BCUT2D eigenvalue weighted by atomic mass is 10.1. The second-order valence-corrected chi connectivity index (χ2v) is 3.18. The maximum atomic E-state index is 5.50. The lowest BCUT2D eigenvalue weighted by molar-refractivity contribution is 0.359. The molecule has 0 saturated heterocycles. The van der Waals surface area contributed by atoms with Gasteiger partial charge in [0, 0.05) is 16.3 Å². The summed E-state index contributed by atoms with van der Waals surface area (Å²) < 4.78 is 5.50. The molecule has 0 saturated carbocycles. The van der Waals surface area contributed by atoms with Crippen LogP contribution in [0.3, 0.4) is 0 Å². The van der Waals surface area contributed by atoms with Crippen LogP contribution in [0.1, 0.15) is 5.56 Å². The van der Waals surface area contributed by atoms with E-state index in [1.807, 2.05) is 18.2 Å². The molecule has 2 heterocycles. The third-order valence-electron chi connectivity index (χ3n) is 2.35. The zero-order valence-corrected chi connectivity index (χ0v) is 7.47. The molecule has 68 valence electrons. The molecule has 0 atom stereocenters. The smallest absolute Gasteiger partial charge is 0.127 e. The average molecular weight is 184 g/mol. The van der Waals surface area contributed by atoms with Gasteiger partial charge in [-0.15, -0.1) is 0 Å². The molecule has 0 N–H and O–H groups in total. The third kappa shape index (κ3) is 0.988. The number of fused-ring (bicyclic) bond motifs is 3. The molecule has 0 fully saturated rings. The summed E-state index contributed by atoms with van der Waals surface area (Å²) in [7, 11) is 0. The molecule has 1 aliphatic rings. The van der Waals surface area contributed by atoms with Crippen molar-refractivity contribution in [1.82, 2.24) is 10.2 Å². The van der Waals surface area contributed by atoms with E-state index < -0.39 is 0 Å². The van der Waals surface area contributed by atoms with Crippen molar-refractivity contribution in [2.75, 3.05) is 6.61 Å². The van der Waals surface area contributed by atoms with Crippen LogP contribution in [0.5, 0.6) is 5.75 Å². The highest BCUT2D eigenvalue weighted by Crippen LogP contribution is 2.30. The van der Waals surface area contributed by atoms with Crippen LogP contribution in [0.15, 0.2) is 30.6 Å². The molecule has 2 aromatic rings. The predicted molar refractivity (Wildman–Crippen MR) is 54.1 cm³/mol. The van der Waals surface area contributed by atoms with Gasteiger partial charge in [-0.25, -0.2) is 0 Å². The Balaban J connectivity index is 2.42. The number of benzene rings is 1. The van der Waals surface area contributed by atoms with Gasteiger partial charge in [0.1, 0.15) is 12.4 Å². The molecule has 0 unspecified atom stereocenters. The Bertz CT molecular complexity index is 520. The van der Waals surface area contributed by atoms with Gasteiger partial charge in [-0.3, -0.25) is 0 Å². The van der Waals surface area contributed by atoms with Crippen LogP contribution >= 0.6 is 0 Å². The van der Waals surface area contributed by atoms with E-state index >= 15 is 0 Å². The largest absolute Gasteiger partial charge is 0.489 e. The predicted octanol–water partition coefficient (Wildman–Crippen LogP) is 2.04. The van der Waals surface area contributed by atoms with Gasteiger partial charge in [0.25, 0.3) is 0 Å². The van der Waals surface area contributed by atoms with Crippen molar-refractivity contribution in [3.8, 4) is 5.75 Å². The molecule has 0 spiro atoms. The van der Waals surface area contributed by atoms with E-state index in [1.54, 1.807) is 12.4 Å². The standard InChI is InChI=1S/C11H8N2O/c1-2-9-10-7-13-12-6-8(10)3-4-11(9)14-5-1/h1-4,6-7H,5H2. The Hall–Kier alpha value is -1.90. The first-order valence-corrected chi connectivity index (χ1v) is 4.48. The highest BCUT2D eigenvalue weighted by atomic mass is 16.5. The number of rotatable bonds is 0. The second kappa shape index (κ2) is 2.80.